The zero-order valence-electron chi connectivity index (χ0n) is 13.2. The molecule has 5 heteroatoms. The molecule has 0 saturated carbocycles. The number of nitrogens with one attached hydrogen (secondary N) is 1. The third-order valence-electron chi connectivity index (χ3n) is 4.81. The Morgan fingerprint density at radius 1 is 1.32 bits per heavy atom. The number of aromatic nitrogens is 1. The molecule has 4 nitrogen and oxygen atoms in total. The fourth-order valence-electron chi connectivity index (χ4n) is 3.52. The van der Waals surface area contributed by atoms with Gasteiger partial charge in [0.1, 0.15) is 0 Å². The molecule has 2 aliphatic rings. The van der Waals surface area contributed by atoms with Gasteiger partial charge in [0.05, 0.1) is 22.9 Å². The van der Waals surface area contributed by atoms with E-state index in [-0.39, 0.29) is 0 Å². The molecule has 2 saturated heterocycles. The number of benzene rings is 1. The van der Waals surface area contributed by atoms with Gasteiger partial charge in [-0.25, -0.2) is 4.98 Å². The van der Waals surface area contributed by atoms with Crippen molar-refractivity contribution in [3.8, 4) is 0 Å². The molecule has 2 aromatic rings. The van der Waals surface area contributed by atoms with Crippen molar-refractivity contribution in [2.24, 2.45) is 5.92 Å². The van der Waals surface area contributed by atoms with Crippen molar-refractivity contribution >= 4 is 26.7 Å². The number of morpholine rings is 1. The molecule has 1 aromatic carbocycles. The molecule has 0 amide bonds. The second kappa shape index (κ2) is 5.80. The largest absolute Gasteiger partial charge is 0.375 e. The Morgan fingerprint density at radius 3 is 3.00 bits per heavy atom. The van der Waals surface area contributed by atoms with Crippen LogP contribution < -0.4 is 5.32 Å². The van der Waals surface area contributed by atoms with Crippen LogP contribution in [-0.4, -0.2) is 47.8 Å². The number of rotatable bonds is 3. The van der Waals surface area contributed by atoms with Gasteiger partial charge in [0.2, 0.25) is 0 Å². The summed E-state index contributed by atoms with van der Waals surface area (Å²) in [6, 6.07) is 9.39. The van der Waals surface area contributed by atoms with Crippen LogP contribution in [-0.2, 0) is 4.74 Å². The first-order valence-corrected chi connectivity index (χ1v) is 8.98. The summed E-state index contributed by atoms with van der Waals surface area (Å²) >= 11 is 1.75. The molecule has 22 heavy (non-hydrogen) atoms. The lowest BCUT2D eigenvalue weighted by Crippen LogP contribution is -2.48. The van der Waals surface area contributed by atoms with E-state index in [9.17, 15) is 0 Å². The summed E-state index contributed by atoms with van der Waals surface area (Å²) in [7, 11) is 0. The highest BCUT2D eigenvalue weighted by Crippen LogP contribution is 2.30. The van der Waals surface area contributed by atoms with E-state index in [4.69, 9.17) is 9.72 Å². The van der Waals surface area contributed by atoms with Crippen molar-refractivity contribution in [3.05, 3.63) is 24.3 Å². The normalized spacial score (nSPS) is 29.1. The van der Waals surface area contributed by atoms with E-state index in [1.54, 1.807) is 11.3 Å². The zero-order valence-corrected chi connectivity index (χ0v) is 14.0. The van der Waals surface area contributed by atoms with Gasteiger partial charge in [0, 0.05) is 25.2 Å². The van der Waals surface area contributed by atoms with Crippen LogP contribution >= 0.6 is 11.3 Å². The standard InChI is InChI=1S/C17H23N3OS/c1-11(2)15-9-20-8-12(7-13(20)10-21-15)18-17-19-14-5-3-4-6-16(14)22-17/h3-6,11-13,15H,7-10H2,1-2H3,(H,18,19)/t12-,13+,15-/m1/s1. The van der Waals surface area contributed by atoms with E-state index in [2.05, 4.69) is 42.3 Å². The topological polar surface area (TPSA) is 37.4 Å². The Hall–Kier alpha value is -1.17. The molecule has 2 aliphatic heterocycles. The van der Waals surface area contributed by atoms with E-state index in [1.807, 2.05) is 6.07 Å². The fourth-order valence-corrected chi connectivity index (χ4v) is 4.46. The van der Waals surface area contributed by atoms with Gasteiger partial charge in [-0.2, -0.15) is 0 Å². The molecule has 0 bridgehead atoms. The first kappa shape index (κ1) is 14.4. The summed E-state index contributed by atoms with van der Waals surface area (Å²) in [5, 5.41) is 4.69. The van der Waals surface area contributed by atoms with Crippen LogP contribution in [0.4, 0.5) is 5.13 Å². The minimum absolute atomic E-state index is 0.387. The Balaban J connectivity index is 1.42. The second-order valence-corrected chi connectivity index (χ2v) is 7.82. The molecule has 1 aromatic heterocycles. The Morgan fingerprint density at radius 2 is 2.18 bits per heavy atom. The van der Waals surface area contributed by atoms with Crippen molar-refractivity contribution in [3.63, 3.8) is 0 Å². The maximum Gasteiger partial charge on any atom is 0.184 e. The average Bonchev–Trinajstić information content (AvgIpc) is 3.08. The maximum absolute atomic E-state index is 6.02. The molecule has 3 heterocycles. The van der Waals surface area contributed by atoms with Gasteiger partial charge < -0.3 is 10.1 Å². The van der Waals surface area contributed by atoms with E-state index in [0.29, 0.717) is 24.1 Å². The lowest BCUT2D eigenvalue weighted by molar-refractivity contribution is -0.0683. The smallest absolute Gasteiger partial charge is 0.184 e. The maximum atomic E-state index is 6.02. The molecular weight excluding hydrogens is 294 g/mol. The number of para-hydroxylation sites is 1. The van der Waals surface area contributed by atoms with Crippen molar-refractivity contribution < 1.29 is 4.74 Å². The van der Waals surface area contributed by atoms with Gasteiger partial charge in [-0.3, -0.25) is 4.90 Å². The Labute approximate surface area is 135 Å². The summed E-state index contributed by atoms with van der Waals surface area (Å²) < 4.78 is 7.27. The lowest BCUT2D eigenvalue weighted by atomic mass is 10.0. The van der Waals surface area contributed by atoms with Gasteiger partial charge in [0.25, 0.3) is 0 Å². The highest BCUT2D eigenvalue weighted by Gasteiger charge is 2.38. The number of fused-ring (bicyclic) bond motifs is 2. The van der Waals surface area contributed by atoms with Crippen molar-refractivity contribution in [1.29, 1.82) is 0 Å². The van der Waals surface area contributed by atoms with Crippen LogP contribution in [0.5, 0.6) is 0 Å². The Bertz CT molecular complexity index is 623. The first-order valence-electron chi connectivity index (χ1n) is 8.17. The van der Waals surface area contributed by atoms with Crippen molar-refractivity contribution in [2.75, 3.05) is 25.0 Å². The molecule has 0 radical (unpaired) electrons. The van der Waals surface area contributed by atoms with E-state index >= 15 is 0 Å². The van der Waals surface area contributed by atoms with Crippen LogP contribution in [0, 0.1) is 5.92 Å². The molecule has 4 rings (SSSR count). The summed E-state index contributed by atoms with van der Waals surface area (Å²) in [6.45, 7) is 7.55. The molecule has 0 unspecified atom stereocenters. The predicted octanol–water partition coefficient (Wildman–Crippen LogP) is 3.21. The third-order valence-corrected chi connectivity index (χ3v) is 5.78. The second-order valence-electron chi connectivity index (χ2n) is 6.79. The minimum Gasteiger partial charge on any atom is -0.375 e. The molecular formula is C17H23N3OS. The van der Waals surface area contributed by atoms with Crippen molar-refractivity contribution in [2.45, 2.75) is 38.5 Å². The summed E-state index contributed by atoms with van der Waals surface area (Å²) in [5.41, 5.74) is 1.09. The van der Waals surface area contributed by atoms with Crippen LogP contribution in [0.1, 0.15) is 20.3 Å². The number of thiazole rings is 1. The third kappa shape index (κ3) is 2.73. The SMILES string of the molecule is CC(C)[C@H]1CN2C[C@H](Nc3nc4ccccc4s3)C[C@H]2CO1. The molecule has 1 N–H and O–H groups in total. The quantitative estimate of drug-likeness (QED) is 0.943. The number of anilines is 1. The first-order chi connectivity index (χ1) is 10.7. The van der Waals surface area contributed by atoms with Gasteiger partial charge >= 0.3 is 0 Å². The predicted molar refractivity (Wildman–Crippen MR) is 91.6 cm³/mol. The van der Waals surface area contributed by atoms with Crippen LogP contribution in [0.15, 0.2) is 24.3 Å². The average molecular weight is 317 g/mol. The zero-order chi connectivity index (χ0) is 15.1. The number of ether oxygens (including phenoxy) is 1. The van der Waals surface area contributed by atoms with Gasteiger partial charge in [-0.1, -0.05) is 37.3 Å². The van der Waals surface area contributed by atoms with E-state index in [1.165, 1.54) is 4.70 Å². The van der Waals surface area contributed by atoms with Gasteiger partial charge in [-0.05, 0) is 24.5 Å². The Kier molecular flexibility index (Phi) is 3.80. The molecule has 3 atom stereocenters. The minimum atomic E-state index is 0.387. The van der Waals surface area contributed by atoms with E-state index in [0.717, 1.165) is 36.8 Å². The van der Waals surface area contributed by atoms with E-state index < -0.39 is 0 Å². The molecule has 0 aliphatic carbocycles. The van der Waals surface area contributed by atoms with Crippen LogP contribution in [0.2, 0.25) is 0 Å². The highest BCUT2D eigenvalue weighted by atomic mass is 32.1. The number of nitrogens with zero attached hydrogens (tertiary/aromatic N) is 2. The molecule has 0 spiro atoms. The monoisotopic (exact) mass is 317 g/mol. The fraction of sp³-hybridized carbons (Fsp3) is 0.588. The highest BCUT2D eigenvalue weighted by molar-refractivity contribution is 7.22. The molecule has 2 fully saturated rings. The summed E-state index contributed by atoms with van der Waals surface area (Å²) in [6.07, 6.45) is 1.54. The van der Waals surface area contributed by atoms with Crippen LogP contribution in [0.25, 0.3) is 10.2 Å². The lowest BCUT2D eigenvalue weighted by Gasteiger charge is -2.36. The van der Waals surface area contributed by atoms with Crippen LogP contribution in [0.3, 0.4) is 0 Å². The van der Waals surface area contributed by atoms with Gasteiger partial charge in [-0.15, -0.1) is 0 Å². The summed E-state index contributed by atoms with van der Waals surface area (Å²) in [5.74, 6) is 0.595. The summed E-state index contributed by atoms with van der Waals surface area (Å²) in [4.78, 5) is 7.29. The van der Waals surface area contributed by atoms with Gasteiger partial charge in [0.15, 0.2) is 5.13 Å². The number of hydrogen-bond acceptors (Lipinski definition) is 5. The van der Waals surface area contributed by atoms with Crippen molar-refractivity contribution in [1.82, 2.24) is 9.88 Å². The molecule has 118 valence electrons. The number of hydrogen-bond donors (Lipinski definition) is 1.